The summed E-state index contributed by atoms with van der Waals surface area (Å²) in [6.07, 6.45) is 3.54. The maximum Gasteiger partial charge on any atom is 0.220 e. The lowest BCUT2D eigenvalue weighted by molar-refractivity contribution is -0.121. The molecule has 0 radical (unpaired) electrons. The fourth-order valence-electron chi connectivity index (χ4n) is 3.69. The van der Waals surface area contributed by atoms with Crippen molar-refractivity contribution in [2.75, 3.05) is 6.54 Å². The number of fused-ring (bicyclic) bond motifs is 1. The van der Waals surface area contributed by atoms with Crippen molar-refractivity contribution in [1.82, 2.24) is 10.3 Å². The lowest BCUT2D eigenvalue weighted by Gasteiger charge is -2.18. The van der Waals surface area contributed by atoms with Crippen LogP contribution in [0, 0.1) is 12.8 Å². The molecule has 3 heteroatoms. The van der Waals surface area contributed by atoms with E-state index in [0.29, 0.717) is 18.9 Å². The van der Waals surface area contributed by atoms with Crippen LogP contribution >= 0.6 is 0 Å². The molecule has 0 saturated carbocycles. The summed E-state index contributed by atoms with van der Waals surface area (Å²) < 4.78 is 0. The number of carbonyl (C=O) groups is 1. The summed E-state index contributed by atoms with van der Waals surface area (Å²) in [6, 6.07) is 15.0. The quantitative estimate of drug-likeness (QED) is 0.586. The van der Waals surface area contributed by atoms with Crippen molar-refractivity contribution in [3.8, 4) is 0 Å². The number of aromatic nitrogens is 1. The highest BCUT2D eigenvalue weighted by atomic mass is 16.1. The van der Waals surface area contributed by atoms with Gasteiger partial charge in [0.1, 0.15) is 0 Å². The van der Waals surface area contributed by atoms with Crippen molar-refractivity contribution >= 4 is 16.8 Å². The van der Waals surface area contributed by atoms with Gasteiger partial charge < -0.3 is 10.3 Å². The summed E-state index contributed by atoms with van der Waals surface area (Å²) in [7, 11) is 0. The molecule has 27 heavy (non-hydrogen) atoms. The third-order valence-electron chi connectivity index (χ3n) is 5.13. The van der Waals surface area contributed by atoms with Gasteiger partial charge in [0.15, 0.2) is 0 Å². The number of H-pyrrole nitrogens is 1. The summed E-state index contributed by atoms with van der Waals surface area (Å²) in [5, 5.41) is 4.30. The molecule has 1 heterocycles. The van der Waals surface area contributed by atoms with E-state index >= 15 is 0 Å². The van der Waals surface area contributed by atoms with E-state index in [-0.39, 0.29) is 11.8 Å². The summed E-state index contributed by atoms with van der Waals surface area (Å²) in [5.74, 6) is 0.598. The molecule has 2 aromatic carbocycles. The molecule has 0 aliphatic carbocycles. The second-order valence-corrected chi connectivity index (χ2v) is 7.81. The number of rotatable bonds is 7. The highest BCUT2D eigenvalue weighted by Gasteiger charge is 2.22. The molecule has 0 fully saturated rings. The Labute approximate surface area is 162 Å². The number of benzene rings is 2. The minimum absolute atomic E-state index is 0.0397. The number of hydrogen-bond acceptors (Lipinski definition) is 1. The number of aromatic amines is 1. The lowest BCUT2D eigenvalue weighted by Crippen LogP contribution is -2.28. The van der Waals surface area contributed by atoms with Gasteiger partial charge in [-0.2, -0.15) is 0 Å². The van der Waals surface area contributed by atoms with Gasteiger partial charge in [0.25, 0.3) is 0 Å². The fourth-order valence-corrected chi connectivity index (χ4v) is 3.69. The second-order valence-electron chi connectivity index (χ2n) is 7.81. The van der Waals surface area contributed by atoms with Gasteiger partial charge in [-0.25, -0.2) is 0 Å². The number of carbonyl (C=O) groups excluding carboxylic acids is 1. The first-order valence-corrected chi connectivity index (χ1v) is 9.91. The standard InChI is InChI=1S/C24H30N2O/c1-5-18-9-7-11-20-22(15-26-24(18)20)21(13-23(27)25-14-16(2)3)19-10-6-8-17(4)12-19/h6-12,15-16,21,26H,5,13-14H2,1-4H3,(H,25,27)/t21-/m1/s1. The fraction of sp³-hybridized carbons (Fsp3) is 0.375. The van der Waals surface area contributed by atoms with Crippen LogP contribution in [0.3, 0.4) is 0 Å². The Balaban J connectivity index is 2.01. The Bertz CT molecular complexity index is 923. The number of aryl methyl sites for hydroxylation is 2. The zero-order valence-electron chi connectivity index (χ0n) is 16.8. The van der Waals surface area contributed by atoms with Gasteiger partial charge in [0.05, 0.1) is 0 Å². The Morgan fingerprint density at radius 3 is 2.63 bits per heavy atom. The predicted molar refractivity (Wildman–Crippen MR) is 113 cm³/mol. The van der Waals surface area contributed by atoms with E-state index in [4.69, 9.17) is 0 Å². The van der Waals surface area contributed by atoms with Crippen LogP contribution in [0.15, 0.2) is 48.7 Å². The number of hydrogen-bond donors (Lipinski definition) is 2. The summed E-state index contributed by atoms with van der Waals surface area (Å²) >= 11 is 0. The van der Waals surface area contributed by atoms with Gasteiger partial charge in [0, 0.05) is 36.0 Å². The van der Waals surface area contributed by atoms with Gasteiger partial charge in [-0.05, 0) is 36.0 Å². The molecule has 0 saturated heterocycles. The Morgan fingerprint density at radius 2 is 1.93 bits per heavy atom. The Morgan fingerprint density at radius 1 is 1.15 bits per heavy atom. The van der Waals surface area contributed by atoms with E-state index in [1.54, 1.807) is 0 Å². The molecule has 3 nitrogen and oxygen atoms in total. The third-order valence-corrected chi connectivity index (χ3v) is 5.13. The van der Waals surface area contributed by atoms with Crippen LogP contribution in [0.5, 0.6) is 0 Å². The maximum absolute atomic E-state index is 12.6. The molecule has 142 valence electrons. The van der Waals surface area contributed by atoms with Crippen molar-refractivity contribution in [1.29, 1.82) is 0 Å². The SMILES string of the molecule is CCc1cccc2c([C@H](CC(=O)NCC(C)C)c3cccc(C)c3)c[nH]c12. The molecular formula is C24H30N2O. The van der Waals surface area contributed by atoms with Crippen molar-refractivity contribution in [2.45, 2.75) is 46.5 Å². The van der Waals surface area contributed by atoms with E-state index in [9.17, 15) is 4.79 Å². The summed E-state index contributed by atoms with van der Waals surface area (Å²) in [6.45, 7) is 9.22. The van der Waals surface area contributed by atoms with Gasteiger partial charge in [-0.1, -0.05) is 68.8 Å². The van der Waals surface area contributed by atoms with Crippen LogP contribution in [-0.4, -0.2) is 17.4 Å². The molecule has 0 aliphatic heterocycles. The molecule has 3 rings (SSSR count). The molecule has 1 atom stereocenters. The van der Waals surface area contributed by atoms with Crippen molar-refractivity contribution in [2.24, 2.45) is 5.92 Å². The molecular weight excluding hydrogens is 332 g/mol. The molecule has 1 amide bonds. The van der Waals surface area contributed by atoms with E-state index in [2.05, 4.69) is 86.7 Å². The average molecular weight is 363 g/mol. The molecule has 0 bridgehead atoms. The number of nitrogens with one attached hydrogen (secondary N) is 2. The molecule has 2 N–H and O–H groups in total. The first kappa shape index (κ1) is 19.2. The van der Waals surface area contributed by atoms with Crippen LogP contribution in [0.2, 0.25) is 0 Å². The van der Waals surface area contributed by atoms with Crippen molar-refractivity contribution in [3.63, 3.8) is 0 Å². The van der Waals surface area contributed by atoms with E-state index < -0.39 is 0 Å². The highest BCUT2D eigenvalue weighted by Crippen LogP contribution is 2.34. The molecule has 1 aromatic heterocycles. The van der Waals surface area contributed by atoms with Gasteiger partial charge in [0.2, 0.25) is 5.91 Å². The topological polar surface area (TPSA) is 44.9 Å². The number of para-hydroxylation sites is 1. The smallest absolute Gasteiger partial charge is 0.220 e. The molecule has 0 spiro atoms. The largest absolute Gasteiger partial charge is 0.361 e. The summed E-state index contributed by atoms with van der Waals surface area (Å²) in [4.78, 5) is 16.1. The third kappa shape index (κ3) is 4.41. The lowest BCUT2D eigenvalue weighted by atomic mass is 9.87. The van der Waals surface area contributed by atoms with Gasteiger partial charge >= 0.3 is 0 Å². The van der Waals surface area contributed by atoms with Crippen LogP contribution in [0.25, 0.3) is 10.9 Å². The second kappa shape index (κ2) is 8.43. The van der Waals surface area contributed by atoms with Gasteiger partial charge in [-0.3, -0.25) is 4.79 Å². The maximum atomic E-state index is 12.6. The van der Waals surface area contributed by atoms with E-state index in [0.717, 1.165) is 6.42 Å². The van der Waals surface area contributed by atoms with Crippen LogP contribution in [0.1, 0.15) is 55.4 Å². The van der Waals surface area contributed by atoms with Crippen LogP contribution < -0.4 is 5.32 Å². The first-order valence-electron chi connectivity index (χ1n) is 9.91. The van der Waals surface area contributed by atoms with Crippen molar-refractivity contribution in [3.05, 3.63) is 70.9 Å². The minimum Gasteiger partial charge on any atom is -0.361 e. The highest BCUT2D eigenvalue weighted by molar-refractivity contribution is 5.88. The molecule has 0 unspecified atom stereocenters. The number of amides is 1. The predicted octanol–water partition coefficient (Wildman–Crippen LogP) is 5.33. The van der Waals surface area contributed by atoms with Crippen LogP contribution in [-0.2, 0) is 11.2 Å². The van der Waals surface area contributed by atoms with Gasteiger partial charge in [-0.15, -0.1) is 0 Å². The zero-order chi connectivity index (χ0) is 19.4. The van der Waals surface area contributed by atoms with E-state index in [1.165, 1.54) is 33.2 Å². The minimum atomic E-state index is 0.0397. The summed E-state index contributed by atoms with van der Waals surface area (Å²) in [5.41, 5.74) is 6.11. The zero-order valence-corrected chi connectivity index (χ0v) is 16.8. The average Bonchev–Trinajstić information content (AvgIpc) is 3.08. The Hall–Kier alpha value is -2.55. The molecule has 3 aromatic rings. The van der Waals surface area contributed by atoms with Crippen LogP contribution in [0.4, 0.5) is 0 Å². The normalized spacial score (nSPS) is 12.5. The monoisotopic (exact) mass is 362 g/mol. The first-order chi connectivity index (χ1) is 13.0. The van der Waals surface area contributed by atoms with Crippen molar-refractivity contribution < 1.29 is 4.79 Å². The Kier molecular flexibility index (Phi) is 6.00. The molecule has 0 aliphatic rings. The van der Waals surface area contributed by atoms with E-state index in [1.807, 2.05) is 0 Å².